The minimum atomic E-state index is -0.474. The van der Waals surface area contributed by atoms with Crippen LogP contribution in [0.15, 0.2) is 52.4 Å². The average molecular weight is 405 g/mol. The van der Waals surface area contributed by atoms with Gasteiger partial charge >= 0.3 is 5.97 Å². The summed E-state index contributed by atoms with van der Waals surface area (Å²) in [5, 5.41) is 12.9. The summed E-state index contributed by atoms with van der Waals surface area (Å²) in [4.78, 5) is 21.2. The summed E-state index contributed by atoms with van der Waals surface area (Å²) >= 11 is 0. The molecule has 7 nitrogen and oxygen atoms in total. The Hall–Kier alpha value is -3.61. The van der Waals surface area contributed by atoms with Crippen LogP contribution >= 0.6 is 0 Å². The van der Waals surface area contributed by atoms with Gasteiger partial charge in [0.15, 0.2) is 0 Å². The van der Waals surface area contributed by atoms with E-state index >= 15 is 0 Å². The van der Waals surface area contributed by atoms with Crippen molar-refractivity contribution in [2.75, 3.05) is 13.2 Å². The number of fused-ring (bicyclic) bond motifs is 3. The number of nitrogens with zero attached hydrogens (tertiary/aromatic N) is 3. The highest BCUT2D eigenvalue weighted by Gasteiger charge is 2.25. The fraction of sp³-hybridized carbons (Fsp3) is 0.261. The van der Waals surface area contributed by atoms with Gasteiger partial charge in [-0.05, 0) is 20.3 Å². The van der Waals surface area contributed by atoms with E-state index < -0.39 is 5.97 Å². The molecule has 0 aliphatic heterocycles. The number of aryl methyl sites for hydroxylation is 2. The smallest absolute Gasteiger partial charge is 0.342 e. The standard InChI is InChI=1S/C23H23N3O4/c1-3-29-23(28)19-15(2)30-22-17-8-5-4-7-16(17)21(27)18(20(19)22)13-24-9-6-11-26-12-10-25-14-26/h4-5,7-8,10,12-14,27H,3,6,9,11H2,1-2H3. The Kier molecular flexibility index (Phi) is 5.52. The van der Waals surface area contributed by atoms with Crippen LogP contribution in [0.25, 0.3) is 21.7 Å². The Morgan fingerprint density at radius 3 is 2.87 bits per heavy atom. The predicted molar refractivity (Wildman–Crippen MR) is 115 cm³/mol. The second-order valence-corrected chi connectivity index (χ2v) is 6.96. The molecule has 0 saturated carbocycles. The lowest BCUT2D eigenvalue weighted by Gasteiger charge is -2.08. The molecule has 0 fully saturated rings. The van der Waals surface area contributed by atoms with Crippen molar-refractivity contribution in [1.29, 1.82) is 0 Å². The maximum absolute atomic E-state index is 12.6. The predicted octanol–water partition coefficient (Wildman–Crippen LogP) is 4.48. The molecule has 2 aromatic carbocycles. The normalized spacial score (nSPS) is 11.7. The number of carbonyl (C=O) groups is 1. The van der Waals surface area contributed by atoms with Crippen LogP contribution in [0.2, 0.25) is 0 Å². The first-order valence-electron chi connectivity index (χ1n) is 9.91. The molecule has 0 saturated heterocycles. The van der Waals surface area contributed by atoms with Crippen molar-refractivity contribution in [1.82, 2.24) is 9.55 Å². The van der Waals surface area contributed by atoms with Gasteiger partial charge in [-0.25, -0.2) is 9.78 Å². The van der Waals surface area contributed by atoms with Gasteiger partial charge in [0.05, 0.1) is 12.9 Å². The van der Waals surface area contributed by atoms with E-state index in [-0.39, 0.29) is 12.4 Å². The molecule has 0 radical (unpaired) electrons. The minimum absolute atomic E-state index is 0.0720. The number of aliphatic imine (C=N–C) groups is 1. The van der Waals surface area contributed by atoms with Crippen molar-refractivity contribution in [2.24, 2.45) is 4.99 Å². The maximum Gasteiger partial charge on any atom is 0.342 e. The summed E-state index contributed by atoms with van der Waals surface area (Å²) in [5.41, 5.74) is 1.34. The van der Waals surface area contributed by atoms with Gasteiger partial charge in [-0.15, -0.1) is 0 Å². The molecular formula is C23H23N3O4. The molecule has 154 valence electrons. The van der Waals surface area contributed by atoms with Crippen LogP contribution in [-0.4, -0.2) is 40.0 Å². The number of phenols is 1. The number of furan rings is 1. The van der Waals surface area contributed by atoms with E-state index in [1.54, 1.807) is 32.6 Å². The molecule has 30 heavy (non-hydrogen) atoms. The lowest BCUT2D eigenvalue weighted by molar-refractivity contribution is 0.0526. The number of carbonyl (C=O) groups excluding carboxylic acids is 1. The first-order valence-corrected chi connectivity index (χ1v) is 9.91. The zero-order chi connectivity index (χ0) is 21.1. The van der Waals surface area contributed by atoms with Gasteiger partial charge in [0.25, 0.3) is 0 Å². The SMILES string of the molecule is CCOC(=O)c1c(C)oc2c1c(C=NCCCn1ccnc1)c(O)c1ccccc12. The van der Waals surface area contributed by atoms with Gasteiger partial charge in [0.2, 0.25) is 0 Å². The third kappa shape index (κ3) is 3.54. The molecule has 0 bridgehead atoms. The zero-order valence-electron chi connectivity index (χ0n) is 17.0. The van der Waals surface area contributed by atoms with Gasteiger partial charge in [0.1, 0.15) is 22.7 Å². The molecule has 4 aromatic rings. The monoisotopic (exact) mass is 405 g/mol. The van der Waals surface area contributed by atoms with Crippen molar-refractivity contribution in [3.05, 3.63) is 59.9 Å². The molecule has 0 atom stereocenters. The largest absolute Gasteiger partial charge is 0.507 e. The Morgan fingerprint density at radius 2 is 2.13 bits per heavy atom. The second kappa shape index (κ2) is 8.41. The number of ether oxygens (including phenoxy) is 1. The number of rotatable bonds is 7. The van der Waals surface area contributed by atoms with E-state index in [1.807, 2.05) is 35.0 Å². The van der Waals surface area contributed by atoms with Crippen LogP contribution in [0.5, 0.6) is 5.75 Å². The van der Waals surface area contributed by atoms with Gasteiger partial charge < -0.3 is 18.8 Å². The summed E-state index contributed by atoms with van der Waals surface area (Å²) in [6.07, 6.45) is 7.85. The summed E-state index contributed by atoms with van der Waals surface area (Å²) in [7, 11) is 0. The number of aromatic nitrogens is 2. The molecule has 0 spiro atoms. The molecule has 0 aliphatic rings. The lowest BCUT2D eigenvalue weighted by atomic mass is 9.98. The number of hydrogen-bond acceptors (Lipinski definition) is 6. The molecule has 7 heteroatoms. The fourth-order valence-corrected chi connectivity index (χ4v) is 3.64. The molecule has 0 amide bonds. The Balaban J connectivity index is 1.78. The highest BCUT2D eigenvalue weighted by molar-refractivity contribution is 6.21. The minimum Gasteiger partial charge on any atom is -0.507 e. The number of benzene rings is 2. The van der Waals surface area contributed by atoms with Crippen LogP contribution in [-0.2, 0) is 11.3 Å². The van der Waals surface area contributed by atoms with E-state index in [0.717, 1.165) is 18.4 Å². The number of imidazole rings is 1. The fourth-order valence-electron chi connectivity index (χ4n) is 3.64. The van der Waals surface area contributed by atoms with Gasteiger partial charge in [-0.2, -0.15) is 0 Å². The second-order valence-electron chi connectivity index (χ2n) is 6.96. The van der Waals surface area contributed by atoms with Crippen molar-refractivity contribution < 1.29 is 19.1 Å². The molecule has 2 heterocycles. The summed E-state index contributed by atoms with van der Waals surface area (Å²) in [6, 6.07) is 7.40. The van der Waals surface area contributed by atoms with Crippen LogP contribution in [0, 0.1) is 6.92 Å². The zero-order valence-corrected chi connectivity index (χ0v) is 17.0. The number of aromatic hydroxyl groups is 1. The molecule has 4 rings (SSSR count). The Morgan fingerprint density at radius 1 is 1.33 bits per heavy atom. The van der Waals surface area contributed by atoms with Crippen LogP contribution in [0.1, 0.15) is 35.0 Å². The van der Waals surface area contributed by atoms with E-state index in [0.29, 0.717) is 39.8 Å². The quantitative estimate of drug-likeness (QED) is 0.278. The molecule has 0 unspecified atom stereocenters. The van der Waals surface area contributed by atoms with Crippen LogP contribution < -0.4 is 0 Å². The Bertz CT molecular complexity index is 1220. The molecular weight excluding hydrogens is 382 g/mol. The number of phenolic OH excluding ortho intramolecular Hbond substituents is 1. The summed E-state index contributed by atoms with van der Waals surface area (Å²) < 4.78 is 13.2. The van der Waals surface area contributed by atoms with Crippen molar-refractivity contribution >= 4 is 33.9 Å². The molecule has 2 aromatic heterocycles. The van der Waals surface area contributed by atoms with Crippen LogP contribution in [0.3, 0.4) is 0 Å². The number of hydrogen-bond donors (Lipinski definition) is 1. The molecule has 1 N–H and O–H groups in total. The van der Waals surface area contributed by atoms with Gasteiger partial charge in [0, 0.05) is 53.4 Å². The Labute approximate surface area is 173 Å². The number of esters is 1. The van der Waals surface area contributed by atoms with Crippen molar-refractivity contribution in [3.8, 4) is 5.75 Å². The topological polar surface area (TPSA) is 89.9 Å². The highest BCUT2D eigenvalue weighted by Crippen LogP contribution is 2.40. The maximum atomic E-state index is 12.6. The lowest BCUT2D eigenvalue weighted by Crippen LogP contribution is -2.06. The average Bonchev–Trinajstić information content (AvgIpc) is 3.38. The first-order chi connectivity index (χ1) is 14.6. The summed E-state index contributed by atoms with van der Waals surface area (Å²) in [5.74, 6) is 0.0509. The molecule has 0 aliphatic carbocycles. The van der Waals surface area contributed by atoms with E-state index in [1.165, 1.54) is 0 Å². The van der Waals surface area contributed by atoms with Gasteiger partial charge in [-0.1, -0.05) is 24.3 Å². The third-order valence-electron chi connectivity index (χ3n) is 5.00. The van der Waals surface area contributed by atoms with Gasteiger partial charge in [-0.3, -0.25) is 4.99 Å². The summed E-state index contributed by atoms with van der Waals surface area (Å²) in [6.45, 7) is 5.10. The van der Waals surface area contributed by atoms with Crippen LogP contribution in [0.4, 0.5) is 0 Å². The van der Waals surface area contributed by atoms with E-state index in [9.17, 15) is 9.90 Å². The van der Waals surface area contributed by atoms with Crippen molar-refractivity contribution in [3.63, 3.8) is 0 Å². The van der Waals surface area contributed by atoms with E-state index in [2.05, 4.69) is 9.98 Å². The highest BCUT2D eigenvalue weighted by atomic mass is 16.5. The van der Waals surface area contributed by atoms with Crippen molar-refractivity contribution in [2.45, 2.75) is 26.8 Å². The first kappa shape index (κ1) is 19.7. The third-order valence-corrected chi connectivity index (χ3v) is 5.00. The van der Waals surface area contributed by atoms with E-state index in [4.69, 9.17) is 9.15 Å².